The standard InChI is InChI=1S/C9H14O4/c1-2-3-4-8(10)13-7-5-6-12-9(7)11/h7H,2-6H2,1H3/t7-/m1/s1. The Morgan fingerprint density at radius 3 is 3.00 bits per heavy atom. The van der Waals surface area contributed by atoms with Gasteiger partial charge in [-0.2, -0.15) is 0 Å². The Morgan fingerprint density at radius 1 is 1.69 bits per heavy atom. The van der Waals surface area contributed by atoms with Crippen LogP contribution in [0.15, 0.2) is 0 Å². The summed E-state index contributed by atoms with van der Waals surface area (Å²) in [5, 5.41) is 0. The highest BCUT2D eigenvalue weighted by Crippen LogP contribution is 2.11. The van der Waals surface area contributed by atoms with Gasteiger partial charge in [-0.1, -0.05) is 13.3 Å². The van der Waals surface area contributed by atoms with Gasteiger partial charge in [0.2, 0.25) is 6.10 Å². The maximum absolute atomic E-state index is 11.1. The van der Waals surface area contributed by atoms with Gasteiger partial charge in [-0.25, -0.2) is 4.79 Å². The second-order valence-corrected chi connectivity index (χ2v) is 3.04. The van der Waals surface area contributed by atoms with Gasteiger partial charge in [0, 0.05) is 12.8 Å². The zero-order valence-corrected chi connectivity index (χ0v) is 7.75. The van der Waals surface area contributed by atoms with Gasteiger partial charge in [-0.15, -0.1) is 0 Å². The molecule has 0 unspecified atom stereocenters. The second kappa shape index (κ2) is 4.84. The predicted octanol–water partition coefficient (Wildman–Crippen LogP) is 1.04. The molecule has 0 N–H and O–H groups in total. The van der Waals surface area contributed by atoms with Crippen LogP contribution < -0.4 is 0 Å². The lowest BCUT2D eigenvalue weighted by molar-refractivity contribution is -0.160. The first kappa shape index (κ1) is 10.0. The molecule has 0 radical (unpaired) electrons. The summed E-state index contributed by atoms with van der Waals surface area (Å²) in [4.78, 5) is 22.0. The van der Waals surface area contributed by atoms with E-state index in [4.69, 9.17) is 4.74 Å². The molecule has 1 aliphatic heterocycles. The van der Waals surface area contributed by atoms with Crippen LogP contribution in [0.2, 0.25) is 0 Å². The SMILES string of the molecule is CCCCC(=O)O[C@@H]1CCOC1=O. The van der Waals surface area contributed by atoms with Crippen molar-refractivity contribution < 1.29 is 19.1 Å². The molecule has 0 amide bonds. The summed E-state index contributed by atoms with van der Waals surface area (Å²) in [7, 11) is 0. The topological polar surface area (TPSA) is 52.6 Å². The number of esters is 2. The number of hydrogen-bond acceptors (Lipinski definition) is 4. The fourth-order valence-electron chi connectivity index (χ4n) is 1.12. The number of cyclic esters (lactones) is 1. The summed E-state index contributed by atoms with van der Waals surface area (Å²) >= 11 is 0. The molecule has 0 aromatic heterocycles. The Kier molecular flexibility index (Phi) is 3.73. The van der Waals surface area contributed by atoms with Crippen LogP contribution in [0, 0.1) is 0 Å². The first-order valence-electron chi connectivity index (χ1n) is 4.60. The molecule has 1 heterocycles. The second-order valence-electron chi connectivity index (χ2n) is 3.04. The first-order chi connectivity index (χ1) is 6.24. The summed E-state index contributed by atoms with van der Waals surface area (Å²) in [6.07, 6.45) is 1.99. The molecule has 0 bridgehead atoms. The summed E-state index contributed by atoms with van der Waals surface area (Å²) < 4.78 is 9.57. The lowest BCUT2D eigenvalue weighted by atomic mass is 10.2. The maximum atomic E-state index is 11.1. The highest BCUT2D eigenvalue weighted by atomic mass is 16.6. The van der Waals surface area contributed by atoms with E-state index in [1.807, 2.05) is 6.92 Å². The van der Waals surface area contributed by atoms with E-state index in [9.17, 15) is 9.59 Å². The van der Waals surface area contributed by atoms with E-state index in [0.29, 0.717) is 19.4 Å². The molecule has 1 fully saturated rings. The average molecular weight is 186 g/mol. The minimum Gasteiger partial charge on any atom is -0.463 e. The molecular weight excluding hydrogens is 172 g/mol. The third-order valence-electron chi connectivity index (χ3n) is 1.90. The number of carbonyl (C=O) groups excluding carboxylic acids is 2. The van der Waals surface area contributed by atoms with Crippen molar-refractivity contribution in [2.75, 3.05) is 6.61 Å². The van der Waals surface area contributed by atoms with Gasteiger partial charge in [0.15, 0.2) is 0 Å². The molecule has 0 saturated carbocycles. The Morgan fingerprint density at radius 2 is 2.46 bits per heavy atom. The largest absolute Gasteiger partial charge is 0.463 e. The van der Waals surface area contributed by atoms with Crippen LogP contribution in [0.5, 0.6) is 0 Å². The highest BCUT2D eigenvalue weighted by molar-refractivity contribution is 5.80. The average Bonchev–Trinajstić information content (AvgIpc) is 2.48. The Balaban J connectivity index is 2.23. The van der Waals surface area contributed by atoms with Crippen LogP contribution in [0.3, 0.4) is 0 Å². The Bertz CT molecular complexity index is 200. The lowest BCUT2D eigenvalue weighted by Gasteiger charge is -2.07. The van der Waals surface area contributed by atoms with Crippen molar-refractivity contribution in [1.82, 2.24) is 0 Å². The molecular formula is C9H14O4. The summed E-state index contributed by atoms with van der Waals surface area (Å²) in [5.41, 5.74) is 0. The normalized spacial score (nSPS) is 21.3. The smallest absolute Gasteiger partial charge is 0.347 e. The third-order valence-corrected chi connectivity index (χ3v) is 1.90. The van der Waals surface area contributed by atoms with Crippen molar-refractivity contribution in [1.29, 1.82) is 0 Å². The van der Waals surface area contributed by atoms with Crippen LogP contribution >= 0.6 is 0 Å². The molecule has 4 nitrogen and oxygen atoms in total. The van der Waals surface area contributed by atoms with Crippen LogP contribution in [0.1, 0.15) is 32.6 Å². The first-order valence-corrected chi connectivity index (χ1v) is 4.60. The van der Waals surface area contributed by atoms with Crippen molar-refractivity contribution in [3.63, 3.8) is 0 Å². The van der Waals surface area contributed by atoms with Crippen LogP contribution in [-0.2, 0) is 19.1 Å². The molecule has 0 aliphatic carbocycles. The molecule has 1 saturated heterocycles. The van der Waals surface area contributed by atoms with Gasteiger partial charge >= 0.3 is 11.9 Å². The van der Waals surface area contributed by atoms with E-state index in [-0.39, 0.29) is 5.97 Å². The maximum Gasteiger partial charge on any atom is 0.347 e. The van der Waals surface area contributed by atoms with Crippen molar-refractivity contribution >= 4 is 11.9 Å². The lowest BCUT2D eigenvalue weighted by Crippen LogP contribution is -2.22. The van der Waals surface area contributed by atoms with Gasteiger partial charge in [-0.3, -0.25) is 4.79 Å². The van der Waals surface area contributed by atoms with Crippen molar-refractivity contribution in [2.24, 2.45) is 0 Å². The number of unbranched alkanes of at least 4 members (excludes halogenated alkanes) is 1. The fourth-order valence-corrected chi connectivity index (χ4v) is 1.12. The van der Waals surface area contributed by atoms with Gasteiger partial charge in [-0.05, 0) is 6.42 Å². The van der Waals surface area contributed by atoms with E-state index in [0.717, 1.165) is 12.8 Å². The zero-order valence-electron chi connectivity index (χ0n) is 7.75. The predicted molar refractivity (Wildman–Crippen MR) is 45.0 cm³/mol. The molecule has 0 aromatic rings. The Hall–Kier alpha value is -1.06. The monoisotopic (exact) mass is 186 g/mol. The van der Waals surface area contributed by atoms with Crippen molar-refractivity contribution in [3.05, 3.63) is 0 Å². The van der Waals surface area contributed by atoms with Crippen LogP contribution in [0.25, 0.3) is 0 Å². The highest BCUT2D eigenvalue weighted by Gasteiger charge is 2.29. The summed E-state index contributed by atoms with van der Waals surface area (Å²) in [6, 6.07) is 0. The minimum absolute atomic E-state index is 0.300. The van der Waals surface area contributed by atoms with Gasteiger partial charge in [0.1, 0.15) is 0 Å². The van der Waals surface area contributed by atoms with E-state index >= 15 is 0 Å². The third kappa shape index (κ3) is 3.05. The minimum atomic E-state index is -0.649. The van der Waals surface area contributed by atoms with Crippen molar-refractivity contribution in [3.8, 4) is 0 Å². The molecule has 4 heteroatoms. The number of ether oxygens (including phenoxy) is 2. The Labute approximate surface area is 77.2 Å². The van der Waals surface area contributed by atoms with Crippen LogP contribution in [0.4, 0.5) is 0 Å². The summed E-state index contributed by atoms with van der Waals surface area (Å²) in [5.74, 6) is -0.712. The molecule has 1 rings (SSSR count). The van der Waals surface area contributed by atoms with E-state index in [1.54, 1.807) is 0 Å². The molecule has 1 atom stereocenters. The summed E-state index contributed by atoms with van der Waals surface area (Å²) in [6.45, 7) is 2.36. The quantitative estimate of drug-likeness (QED) is 0.615. The molecule has 0 spiro atoms. The van der Waals surface area contributed by atoms with E-state index in [1.165, 1.54) is 0 Å². The van der Waals surface area contributed by atoms with Crippen molar-refractivity contribution in [2.45, 2.75) is 38.7 Å². The molecule has 13 heavy (non-hydrogen) atoms. The van der Waals surface area contributed by atoms with E-state index in [2.05, 4.69) is 4.74 Å². The van der Waals surface area contributed by atoms with Crippen LogP contribution in [-0.4, -0.2) is 24.6 Å². The molecule has 74 valence electrons. The molecule has 1 aliphatic rings. The molecule has 0 aromatic carbocycles. The van der Waals surface area contributed by atoms with Gasteiger partial charge in [0.25, 0.3) is 0 Å². The fraction of sp³-hybridized carbons (Fsp3) is 0.778. The number of rotatable bonds is 4. The number of carbonyl (C=O) groups is 2. The van der Waals surface area contributed by atoms with E-state index < -0.39 is 12.1 Å². The van der Waals surface area contributed by atoms with Gasteiger partial charge < -0.3 is 9.47 Å². The number of hydrogen-bond donors (Lipinski definition) is 0. The van der Waals surface area contributed by atoms with Gasteiger partial charge in [0.05, 0.1) is 6.61 Å². The zero-order chi connectivity index (χ0) is 9.68.